The Morgan fingerprint density at radius 1 is 0.968 bits per heavy atom. The maximum atomic E-state index is 12.6. The molecule has 0 aromatic carbocycles. The smallest absolute Gasteiger partial charge is 0.245 e. The normalized spacial score (nSPS) is 15.0. The van der Waals surface area contributed by atoms with Gasteiger partial charge in [-0.05, 0) is 20.3 Å². The molecular formula is C20H33N3O8. The number of hydrogen-bond donors (Lipinski definition) is 7. The number of aliphatic hydroxyl groups excluding tert-OH is 2. The van der Waals surface area contributed by atoms with Crippen LogP contribution in [0.15, 0.2) is 6.07 Å². The molecule has 0 unspecified atom stereocenters. The van der Waals surface area contributed by atoms with Crippen molar-refractivity contribution >= 4 is 17.6 Å². The van der Waals surface area contributed by atoms with Crippen LogP contribution < -0.4 is 10.6 Å². The number of amides is 2. The van der Waals surface area contributed by atoms with Gasteiger partial charge in [0.05, 0.1) is 17.8 Å². The fourth-order valence-corrected chi connectivity index (χ4v) is 3.01. The summed E-state index contributed by atoms with van der Waals surface area (Å²) in [5, 5.41) is 53.1. The van der Waals surface area contributed by atoms with E-state index in [1.165, 1.54) is 13.8 Å². The average Bonchev–Trinajstić information content (AvgIpc) is 2.96. The summed E-state index contributed by atoms with van der Waals surface area (Å²) in [5.41, 5.74) is -0.532. The molecule has 1 aromatic heterocycles. The first-order valence-electron chi connectivity index (χ1n) is 10.3. The van der Waals surface area contributed by atoms with E-state index in [1.807, 2.05) is 0 Å². The van der Waals surface area contributed by atoms with E-state index in [9.17, 15) is 40.0 Å². The number of nitrogens with zero attached hydrogens (tertiary/aromatic N) is 1. The molecule has 176 valence electrons. The Balaban J connectivity index is 2.83. The van der Waals surface area contributed by atoms with Crippen LogP contribution in [0, 0.1) is 0 Å². The monoisotopic (exact) mass is 443 g/mol. The minimum absolute atomic E-state index is 0.0342. The topological polar surface area (TPSA) is 181 Å². The van der Waals surface area contributed by atoms with E-state index in [0.29, 0.717) is 6.42 Å². The molecule has 0 aliphatic carbocycles. The maximum absolute atomic E-state index is 12.6. The molecule has 2 amide bonds. The first-order chi connectivity index (χ1) is 14.5. The molecule has 1 aromatic rings. The number of aromatic hydroxyl groups is 2. The largest absolute Gasteiger partial charge is 0.492 e. The highest BCUT2D eigenvalue weighted by Gasteiger charge is 2.34. The van der Waals surface area contributed by atoms with Gasteiger partial charge in [0.2, 0.25) is 23.6 Å². The summed E-state index contributed by atoms with van der Waals surface area (Å²) in [6, 6.07) is -2.18. The number of nitrogens with one attached hydrogen (secondary N) is 2. The van der Waals surface area contributed by atoms with Gasteiger partial charge in [-0.15, -0.1) is 4.73 Å². The Hall–Kier alpha value is -2.79. The van der Waals surface area contributed by atoms with Crippen molar-refractivity contribution in [1.29, 1.82) is 0 Å². The summed E-state index contributed by atoms with van der Waals surface area (Å²) in [6.07, 6.45) is 2.11. The number of carbonyl (C=O) groups excluding carboxylic acids is 3. The van der Waals surface area contributed by atoms with Crippen LogP contribution >= 0.6 is 0 Å². The lowest BCUT2D eigenvalue weighted by Gasteiger charge is -2.25. The average molecular weight is 443 g/mol. The first-order valence-corrected chi connectivity index (χ1v) is 10.3. The van der Waals surface area contributed by atoms with Gasteiger partial charge < -0.3 is 36.3 Å². The molecule has 0 aliphatic rings. The maximum Gasteiger partial charge on any atom is 0.245 e. The van der Waals surface area contributed by atoms with Crippen LogP contribution in [-0.4, -0.2) is 72.3 Å². The number of ketones is 1. The van der Waals surface area contributed by atoms with Gasteiger partial charge in [-0.3, -0.25) is 14.4 Å². The second-order valence-electron chi connectivity index (χ2n) is 7.59. The van der Waals surface area contributed by atoms with E-state index in [-0.39, 0.29) is 11.2 Å². The predicted octanol–water partition coefficient (Wildman–Crippen LogP) is 0.411. The van der Waals surface area contributed by atoms with Gasteiger partial charge in [0.25, 0.3) is 0 Å². The van der Waals surface area contributed by atoms with Crippen molar-refractivity contribution in [3.8, 4) is 11.8 Å². The van der Waals surface area contributed by atoms with Crippen LogP contribution in [0.25, 0.3) is 0 Å². The summed E-state index contributed by atoms with van der Waals surface area (Å²) >= 11 is 0. The van der Waals surface area contributed by atoms with Crippen LogP contribution in [0.1, 0.15) is 69.7 Å². The van der Waals surface area contributed by atoms with Crippen LogP contribution in [0.3, 0.4) is 0 Å². The molecule has 31 heavy (non-hydrogen) atoms. The zero-order chi connectivity index (χ0) is 23.7. The Kier molecular flexibility index (Phi) is 10.3. The molecule has 0 spiro atoms. The fraction of sp³-hybridized carbons (Fsp3) is 0.650. The van der Waals surface area contributed by atoms with Crippen molar-refractivity contribution < 1.29 is 40.0 Å². The van der Waals surface area contributed by atoms with E-state index in [1.54, 1.807) is 0 Å². The zero-order valence-corrected chi connectivity index (χ0v) is 18.0. The minimum Gasteiger partial charge on any atom is -0.492 e. The molecule has 11 heteroatoms. The van der Waals surface area contributed by atoms with Crippen molar-refractivity contribution in [2.75, 3.05) is 0 Å². The fourth-order valence-electron chi connectivity index (χ4n) is 3.01. The van der Waals surface area contributed by atoms with Gasteiger partial charge in [-0.1, -0.05) is 32.6 Å². The number of unbranched alkanes of at least 4 members (excludes halogenated alkanes) is 4. The van der Waals surface area contributed by atoms with E-state index in [2.05, 4.69) is 17.6 Å². The van der Waals surface area contributed by atoms with Gasteiger partial charge in [-0.25, -0.2) is 0 Å². The molecule has 4 atom stereocenters. The molecule has 0 bridgehead atoms. The van der Waals surface area contributed by atoms with Crippen molar-refractivity contribution in [3.05, 3.63) is 11.6 Å². The summed E-state index contributed by atoms with van der Waals surface area (Å²) in [7, 11) is 0. The number of aromatic nitrogens is 1. The minimum atomic E-state index is -1.58. The van der Waals surface area contributed by atoms with Gasteiger partial charge >= 0.3 is 0 Å². The van der Waals surface area contributed by atoms with Crippen LogP contribution in [0.2, 0.25) is 0 Å². The van der Waals surface area contributed by atoms with Gasteiger partial charge in [0.15, 0.2) is 5.78 Å². The van der Waals surface area contributed by atoms with E-state index < -0.39 is 59.2 Å². The zero-order valence-electron chi connectivity index (χ0n) is 18.0. The lowest BCUT2D eigenvalue weighted by atomic mass is 10.0. The van der Waals surface area contributed by atoms with Gasteiger partial charge in [0.1, 0.15) is 12.1 Å². The predicted molar refractivity (Wildman–Crippen MR) is 110 cm³/mol. The van der Waals surface area contributed by atoms with Crippen molar-refractivity contribution in [2.24, 2.45) is 0 Å². The van der Waals surface area contributed by atoms with Crippen LogP contribution in [-0.2, 0) is 9.59 Å². The SMILES string of the molecule is CCCCCCCC(=O)N[C@H](C(=O)N[C@@H](C(=O)c1cc(O)n(O)c1O)[C@H](C)O)[C@@H](C)O. The standard InChI is InChI=1S/C20H33N3O8/c1-4-5-6-7-8-9-14(26)21-17(12(3)25)19(29)22-16(11(2)24)18(28)13-10-15(27)23(31)20(13)30/h10-12,16-17,24-25,27,30-31H,4-9H2,1-3H3,(H,21,26)(H,22,29)/t11-,12+,16+,17-/m0/s1. The summed E-state index contributed by atoms with van der Waals surface area (Å²) < 4.78 is -0.0342. The lowest BCUT2D eigenvalue weighted by Crippen LogP contribution is -2.57. The molecular weight excluding hydrogens is 410 g/mol. The lowest BCUT2D eigenvalue weighted by molar-refractivity contribution is -0.132. The Morgan fingerprint density at radius 3 is 2.03 bits per heavy atom. The molecule has 0 saturated carbocycles. The van der Waals surface area contributed by atoms with E-state index in [4.69, 9.17) is 0 Å². The second kappa shape index (κ2) is 12.2. The highest BCUT2D eigenvalue weighted by Crippen LogP contribution is 2.27. The number of hydrogen-bond acceptors (Lipinski definition) is 8. The number of aliphatic hydroxyl groups is 2. The van der Waals surface area contributed by atoms with E-state index >= 15 is 0 Å². The molecule has 11 nitrogen and oxygen atoms in total. The Morgan fingerprint density at radius 2 is 1.55 bits per heavy atom. The van der Waals surface area contributed by atoms with Crippen molar-refractivity contribution in [3.63, 3.8) is 0 Å². The number of rotatable bonds is 13. The summed E-state index contributed by atoms with van der Waals surface area (Å²) in [6.45, 7) is 4.58. The van der Waals surface area contributed by atoms with E-state index in [0.717, 1.165) is 31.7 Å². The molecule has 0 aliphatic heterocycles. The molecule has 7 N–H and O–H groups in total. The molecule has 1 heterocycles. The Labute approximate surface area is 180 Å². The highest BCUT2D eigenvalue weighted by atomic mass is 16.5. The molecule has 0 saturated heterocycles. The van der Waals surface area contributed by atoms with Crippen LogP contribution in [0.4, 0.5) is 0 Å². The number of carbonyl (C=O) groups is 3. The Bertz CT molecular complexity index is 760. The molecule has 0 fully saturated rings. The van der Waals surface area contributed by atoms with Crippen LogP contribution in [0.5, 0.6) is 11.8 Å². The second-order valence-corrected chi connectivity index (χ2v) is 7.59. The van der Waals surface area contributed by atoms with Crippen molar-refractivity contribution in [1.82, 2.24) is 15.4 Å². The first kappa shape index (κ1) is 26.2. The summed E-state index contributed by atoms with van der Waals surface area (Å²) in [5.74, 6) is -4.12. The van der Waals surface area contributed by atoms with Gasteiger partial charge in [0, 0.05) is 12.5 Å². The third kappa shape index (κ3) is 7.44. The van der Waals surface area contributed by atoms with Gasteiger partial charge in [-0.2, -0.15) is 0 Å². The third-order valence-electron chi connectivity index (χ3n) is 4.85. The third-order valence-corrected chi connectivity index (χ3v) is 4.85. The molecule has 0 radical (unpaired) electrons. The van der Waals surface area contributed by atoms with Crippen molar-refractivity contribution in [2.45, 2.75) is 83.6 Å². The molecule has 1 rings (SSSR count). The quantitative estimate of drug-likeness (QED) is 0.130. The highest BCUT2D eigenvalue weighted by molar-refractivity contribution is 6.05. The summed E-state index contributed by atoms with van der Waals surface area (Å²) in [4.78, 5) is 37.4. The number of Topliss-reactive ketones (excluding diaryl/α,β-unsaturated/α-hetero) is 1.